The van der Waals surface area contributed by atoms with Crippen molar-refractivity contribution in [1.82, 2.24) is 15.0 Å². The fourth-order valence-corrected chi connectivity index (χ4v) is 9.33. The molecule has 5 rings (SSSR count). The van der Waals surface area contributed by atoms with Gasteiger partial charge in [0.1, 0.15) is 11.9 Å². The van der Waals surface area contributed by atoms with Gasteiger partial charge in [0.05, 0.1) is 31.1 Å². The Hall–Kier alpha value is -3.62. The van der Waals surface area contributed by atoms with E-state index in [1.165, 1.54) is 6.92 Å². The summed E-state index contributed by atoms with van der Waals surface area (Å²) in [5, 5.41) is 29.8. The molecular weight excluding hydrogens is 582 g/mol. The van der Waals surface area contributed by atoms with E-state index in [0.29, 0.717) is 47.8 Å². The fraction of sp³-hybridized carbons (Fsp3) is 0.484. The van der Waals surface area contributed by atoms with Crippen LogP contribution in [-0.4, -0.2) is 76.1 Å². The van der Waals surface area contributed by atoms with Crippen molar-refractivity contribution < 1.29 is 34.1 Å². The lowest BCUT2D eigenvalue weighted by Gasteiger charge is -2.32. The van der Waals surface area contributed by atoms with Crippen LogP contribution in [0.4, 0.5) is 11.4 Å². The molecule has 1 fully saturated rings. The number of ether oxygens (including phenoxy) is 2. The number of hydrogen-bond donors (Lipinski definition) is 4. The minimum Gasteiger partial charge on any atom is -0.497 e. The Morgan fingerprint density at radius 3 is 2.70 bits per heavy atom. The van der Waals surface area contributed by atoms with E-state index in [2.05, 4.69) is 15.6 Å². The van der Waals surface area contributed by atoms with Crippen LogP contribution in [0.2, 0.25) is 18.6 Å². The van der Waals surface area contributed by atoms with E-state index >= 15 is 0 Å². The van der Waals surface area contributed by atoms with Gasteiger partial charge in [0.2, 0.25) is 0 Å². The maximum Gasteiger partial charge on any atom is 0.264 e. The number of aliphatic hydroxyl groups excluding tert-OH is 2. The molecule has 3 aromatic rings. The maximum atomic E-state index is 14.7. The molecule has 2 aliphatic heterocycles. The summed E-state index contributed by atoms with van der Waals surface area (Å²) in [7, 11) is -1.28. The molecular formula is C31H41N5O7Si. The molecule has 1 saturated heterocycles. The van der Waals surface area contributed by atoms with Crippen LogP contribution >= 0.6 is 0 Å². The van der Waals surface area contributed by atoms with Crippen LogP contribution in [0.5, 0.6) is 5.75 Å². The first-order valence-electron chi connectivity index (χ1n) is 14.9. The highest BCUT2D eigenvalue weighted by Gasteiger charge is 2.66. The summed E-state index contributed by atoms with van der Waals surface area (Å²) in [6.45, 7) is 7.83. The Bertz CT molecular complexity index is 1520. The van der Waals surface area contributed by atoms with Gasteiger partial charge in [0.15, 0.2) is 13.9 Å². The Morgan fingerprint density at radius 1 is 1.25 bits per heavy atom. The predicted octanol–water partition coefficient (Wildman–Crippen LogP) is 2.58. The molecule has 5 atom stereocenters. The van der Waals surface area contributed by atoms with Crippen LogP contribution in [0.3, 0.4) is 0 Å². The SMILES string of the molecule is COc1ccc2c(c1)[C@@]1(O[C@H](CCn3cc(CCO)nn3)[C@@H]([Si](C)(C)O)[C@@H]1C)C(=O)N2Cc1cccc(NC(=O)[C@H](C)O)c1. The molecule has 44 heavy (non-hydrogen) atoms. The van der Waals surface area contributed by atoms with Crippen molar-refractivity contribution in [3.8, 4) is 5.75 Å². The van der Waals surface area contributed by atoms with Crippen molar-refractivity contribution in [2.45, 2.75) is 76.2 Å². The van der Waals surface area contributed by atoms with Gasteiger partial charge in [-0.25, -0.2) is 0 Å². The highest BCUT2D eigenvalue weighted by Crippen LogP contribution is 2.60. The third-order valence-electron chi connectivity index (χ3n) is 8.70. The zero-order valence-corrected chi connectivity index (χ0v) is 26.7. The molecule has 4 N–H and O–H groups in total. The second-order valence-electron chi connectivity index (χ2n) is 12.2. The molecule has 13 heteroatoms. The highest BCUT2D eigenvalue weighted by molar-refractivity contribution is 6.71. The fourth-order valence-electron chi connectivity index (χ4n) is 6.72. The third-order valence-corrected chi connectivity index (χ3v) is 11.2. The monoisotopic (exact) mass is 623 g/mol. The van der Waals surface area contributed by atoms with Crippen LogP contribution in [0, 0.1) is 5.92 Å². The molecule has 2 aliphatic rings. The number of hydrogen-bond acceptors (Lipinski definition) is 9. The van der Waals surface area contributed by atoms with Gasteiger partial charge in [-0.1, -0.05) is 24.3 Å². The van der Waals surface area contributed by atoms with Crippen LogP contribution in [0.1, 0.15) is 37.1 Å². The largest absolute Gasteiger partial charge is 0.497 e. The standard InChI is InChI=1S/C31H41N5O7Si/c1-19-28(44(4,5)41)27(11-13-35-18-23(12-14-37)33-34-35)43-31(19)25-16-24(42-3)9-10-26(25)36(30(31)40)17-21-7-6-8-22(15-21)32-29(39)20(2)38/h6-10,15-16,18-20,27-28,37-38,41H,11-14,17H2,1-5H3,(H,32,39)/t19-,20-,27+,28-,31+/m0/s1. The zero-order valence-electron chi connectivity index (χ0n) is 25.7. The minimum atomic E-state index is -2.86. The number of amides is 2. The van der Waals surface area contributed by atoms with Crippen molar-refractivity contribution in [3.63, 3.8) is 0 Å². The Morgan fingerprint density at radius 2 is 2.02 bits per heavy atom. The van der Waals surface area contributed by atoms with Crippen molar-refractivity contribution >= 4 is 31.5 Å². The number of benzene rings is 2. The quantitative estimate of drug-likeness (QED) is 0.236. The maximum absolute atomic E-state index is 14.7. The molecule has 1 aromatic heterocycles. The number of carbonyl (C=O) groups excluding carboxylic acids is 2. The van der Waals surface area contributed by atoms with E-state index < -0.39 is 32.0 Å². The van der Waals surface area contributed by atoms with E-state index in [-0.39, 0.29) is 30.5 Å². The van der Waals surface area contributed by atoms with Crippen molar-refractivity contribution in [3.05, 3.63) is 65.5 Å². The van der Waals surface area contributed by atoms with Crippen molar-refractivity contribution in [1.29, 1.82) is 0 Å². The summed E-state index contributed by atoms with van der Waals surface area (Å²) in [5.41, 5.74) is 1.78. The molecule has 2 aromatic carbocycles. The number of rotatable bonds is 11. The third kappa shape index (κ3) is 5.89. The summed E-state index contributed by atoms with van der Waals surface area (Å²) < 4.78 is 14.2. The van der Waals surface area contributed by atoms with Gasteiger partial charge in [-0.3, -0.25) is 14.3 Å². The molecule has 0 unspecified atom stereocenters. The molecule has 1 spiro atoms. The molecule has 0 aliphatic carbocycles. The number of carbonyl (C=O) groups is 2. The van der Waals surface area contributed by atoms with E-state index in [1.54, 1.807) is 41.1 Å². The number of methoxy groups -OCH3 is 1. The number of nitrogens with zero attached hydrogens (tertiary/aromatic N) is 4. The van der Waals surface area contributed by atoms with Crippen LogP contribution in [-0.2, 0) is 39.4 Å². The van der Waals surface area contributed by atoms with Crippen molar-refractivity contribution in [2.75, 3.05) is 23.9 Å². The summed E-state index contributed by atoms with van der Waals surface area (Å²) in [5.74, 6) is -0.494. The molecule has 236 valence electrons. The highest BCUT2D eigenvalue weighted by atomic mass is 28.4. The number of anilines is 2. The Balaban J connectivity index is 1.49. The molecule has 0 saturated carbocycles. The van der Waals surface area contributed by atoms with Gasteiger partial charge in [-0.05, 0) is 62.3 Å². The first-order chi connectivity index (χ1) is 20.9. The predicted molar refractivity (Wildman–Crippen MR) is 166 cm³/mol. The first kappa shape index (κ1) is 31.8. The average Bonchev–Trinajstić information content (AvgIpc) is 3.62. The normalized spacial score (nSPS) is 23.7. The lowest BCUT2D eigenvalue weighted by Crippen LogP contribution is -2.46. The van der Waals surface area contributed by atoms with E-state index in [1.807, 2.05) is 44.3 Å². The molecule has 12 nitrogen and oxygen atoms in total. The van der Waals surface area contributed by atoms with Crippen LogP contribution in [0.25, 0.3) is 0 Å². The van der Waals surface area contributed by atoms with Gasteiger partial charge < -0.3 is 34.7 Å². The number of aromatic nitrogens is 3. The van der Waals surface area contributed by atoms with Gasteiger partial charge >= 0.3 is 0 Å². The van der Waals surface area contributed by atoms with Gasteiger partial charge in [0, 0.05) is 48.5 Å². The Kier molecular flexibility index (Phi) is 8.96. The smallest absolute Gasteiger partial charge is 0.264 e. The molecule has 2 amide bonds. The summed E-state index contributed by atoms with van der Waals surface area (Å²) >= 11 is 0. The van der Waals surface area contributed by atoms with E-state index in [0.717, 1.165) is 5.56 Å². The summed E-state index contributed by atoms with van der Waals surface area (Å²) in [6.07, 6.45) is 1.13. The number of aliphatic hydroxyl groups is 2. The van der Waals surface area contributed by atoms with Gasteiger partial charge in [-0.2, -0.15) is 0 Å². The average molecular weight is 624 g/mol. The van der Waals surface area contributed by atoms with Gasteiger partial charge in [0.25, 0.3) is 11.8 Å². The molecule has 0 radical (unpaired) electrons. The lowest BCUT2D eigenvalue weighted by molar-refractivity contribution is -0.146. The summed E-state index contributed by atoms with van der Waals surface area (Å²) in [6, 6.07) is 12.7. The zero-order chi connectivity index (χ0) is 31.8. The topological polar surface area (TPSA) is 159 Å². The lowest BCUT2D eigenvalue weighted by atomic mass is 9.82. The summed E-state index contributed by atoms with van der Waals surface area (Å²) in [4.78, 5) is 40.0. The number of aryl methyl sites for hydroxylation is 1. The van der Waals surface area contributed by atoms with Crippen LogP contribution < -0.4 is 15.0 Å². The minimum absolute atomic E-state index is 0.0148. The van der Waals surface area contributed by atoms with Crippen LogP contribution in [0.15, 0.2) is 48.7 Å². The van der Waals surface area contributed by atoms with E-state index in [9.17, 15) is 24.6 Å². The molecule has 3 heterocycles. The molecule has 0 bridgehead atoms. The first-order valence-corrected chi connectivity index (χ1v) is 17.9. The van der Waals surface area contributed by atoms with Crippen molar-refractivity contribution in [2.24, 2.45) is 5.92 Å². The second kappa shape index (κ2) is 12.4. The second-order valence-corrected chi connectivity index (χ2v) is 16.2. The number of nitrogens with one attached hydrogen (secondary N) is 1. The van der Waals surface area contributed by atoms with E-state index in [4.69, 9.17) is 9.47 Å². The van der Waals surface area contributed by atoms with Gasteiger partial charge in [-0.15, -0.1) is 5.10 Å². The Labute approximate surface area is 257 Å². The number of fused-ring (bicyclic) bond motifs is 2.